The maximum atomic E-state index is 12.2. The van der Waals surface area contributed by atoms with E-state index in [1.165, 1.54) is 11.8 Å². The lowest BCUT2D eigenvalue weighted by Crippen LogP contribution is -2.19. The molecule has 2 aromatic carbocycles. The van der Waals surface area contributed by atoms with Crippen LogP contribution in [-0.4, -0.2) is 25.3 Å². The van der Waals surface area contributed by atoms with Crippen LogP contribution >= 0.6 is 27.7 Å². The third kappa shape index (κ3) is 4.05. The summed E-state index contributed by atoms with van der Waals surface area (Å²) in [4.78, 5) is 17.2. The van der Waals surface area contributed by atoms with Crippen molar-refractivity contribution in [2.24, 2.45) is 4.99 Å². The minimum Gasteiger partial charge on any atom is -0.493 e. The van der Waals surface area contributed by atoms with Gasteiger partial charge in [-0.3, -0.25) is 4.79 Å². The number of nitrogens with zero attached hydrogens (tertiary/aromatic N) is 1. The van der Waals surface area contributed by atoms with Gasteiger partial charge >= 0.3 is 0 Å². The molecule has 0 unspecified atom stereocenters. The van der Waals surface area contributed by atoms with Crippen LogP contribution in [0.2, 0.25) is 0 Å². The Morgan fingerprint density at radius 1 is 1.12 bits per heavy atom. The van der Waals surface area contributed by atoms with E-state index in [9.17, 15) is 4.79 Å². The van der Waals surface area contributed by atoms with E-state index >= 15 is 0 Å². The number of amides is 1. The van der Waals surface area contributed by atoms with E-state index in [4.69, 9.17) is 9.47 Å². The predicted octanol–water partition coefficient (Wildman–Crippen LogP) is 4.36. The van der Waals surface area contributed by atoms with Crippen molar-refractivity contribution in [1.82, 2.24) is 5.32 Å². The summed E-state index contributed by atoms with van der Waals surface area (Å²) in [7, 11) is 3.15. The van der Waals surface area contributed by atoms with E-state index in [1.807, 2.05) is 42.5 Å². The van der Waals surface area contributed by atoms with Gasteiger partial charge in [0.15, 0.2) is 16.7 Å². The van der Waals surface area contributed by atoms with Crippen molar-refractivity contribution in [1.29, 1.82) is 0 Å². The van der Waals surface area contributed by atoms with Crippen LogP contribution in [0.3, 0.4) is 0 Å². The number of ether oxygens (including phenoxy) is 2. The minimum absolute atomic E-state index is 0.189. The van der Waals surface area contributed by atoms with Gasteiger partial charge in [0.2, 0.25) is 0 Å². The van der Waals surface area contributed by atoms with Crippen LogP contribution in [0.15, 0.2) is 56.8 Å². The SMILES string of the molecule is COc1cccc(/C=C2\SC(=Nc3ccc(Br)cc3)NC2=O)c1OC. The first-order valence-corrected chi connectivity index (χ1v) is 8.98. The van der Waals surface area contributed by atoms with Gasteiger partial charge in [-0.1, -0.05) is 28.1 Å². The number of aliphatic imine (C=N–C) groups is 1. The van der Waals surface area contributed by atoms with Crippen molar-refractivity contribution in [3.63, 3.8) is 0 Å². The maximum Gasteiger partial charge on any atom is 0.264 e. The second-order valence-corrected chi connectivity index (χ2v) is 6.99. The van der Waals surface area contributed by atoms with Crippen LogP contribution in [-0.2, 0) is 4.79 Å². The van der Waals surface area contributed by atoms with Crippen LogP contribution in [0.25, 0.3) is 6.08 Å². The van der Waals surface area contributed by atoms with Gasteiger partial charge in [-0.25, -0.2) is 4.99 Å². The molecule has 1 fully saturated rings. The highest BCUT2D eigenvalue weighted by Crippen LogP contribution is 2.35. The number of hydrogen-bond acceptors (Lipinski definition) is 5. The van der Waals surface area contributed by atoms with Crippen LogP contribution in [0.1, 0.15) is 5.56 Å². The lowest BCUT2D eigenvalue weighted by molar-refractivity contribution is -0.115. The number of rotatable bonds is 4. The number of carbonyl (C=O) groups is 1. The average Bonchev–Trinajstić information content (AvgIpc) is 2.95. The number of hydrogen-bond donors (Lipinski definition) is 1. The number of amidine groups is 1. The average molecular weight is 419 g/mol. The largest absolute Gasteiger partial charge is 0.493 e. The van der Waals surface area contributed by atoms with Gasteiger partial charge in [-0.05, 0) is 48.2 Å². The number of benzene rings is 2. The van der Waals surface area contributed by atoms with Gasteiger partial charge in [0, 0.05) is 10.0 Å². The highest BCUT2D eigenvalue weighted by atomic mass is 79.9. The Bertz CT molecular complexity index is 863. The molecular weight excluding hydrogens is 404 g/mol. The number of carbonyl (C=O) groups excluding carboxylic acids is 1. The van der Waals surface area contributed by atoms with E-state index in [0.29, 0.717) is 21.6 Å². The van der Waals surface area contributed by atoms with Crippen molar-refractivity contribution in [3.05, 3.63) is 57.4 Å². The fourth-order valence-corrected chi connectivity index (χ4v) is 3.38. The third-order valence-electron chi connectivity index (χ3n) is 3.43. The van der Waals surface area contributed by atoms with Gasteiger partial charge in [0.1, 0.15) is 0 Å². The Hall–Kier alpha value is -2.25. The zero-order valence-electron chi connectivity index (χ0n) is 13.6. The topological polar surface area (TPSA) is 59.9 Å². The number of para-hydroxylation sites is 1. The van der Waals surface area contributed by atoms with Gasteiger partial charge in [0.25, 0.3) is 5.91 Å². The quantitative estimate of drug-likeness (QED) is 0.749. The molecule has 1 saturated heterocycles. The molecule has 2 aromatic rings. The molecule has 0 aromatic heterocycles. The summed E-state index contributed by atoms with van der Waals surface area (Å²) in [6.45, 7) is 0. The summed E-state index contributed by atoms with van der Waals surface area (Å²) in [5.41, 5.74) is 1.54. The molecule has 25 heavy (non-hydrogen) atoms. The molecule has 3 rings (SSSR count). The van der Waals surface area contributed by atoms with Gasteiger partial charge in [0.05, 0.1) is 24.8 Å². The molecule has 1 N–H and O–H groups in total. The highest BCUT2D eigenvalue weighted by molar-refractivity contribution is 9.10. The monoisotopic (exact) mass is 418 g/mol. The van der Waals surface area contributed by atoms with E-state index in [0.717, 1.165) is 15.7 Å². The standard InChI is InChI=1S/C18H15BrN2O3S/c1-23-14-5-3-4-11(16(14)24-2)10-15-17(22)21-18(25-15)20-13-8-6-12(19)7-9-13/h3-10H,1-2H3,(H,20,21,22)/b15-10-. The van der Waals surface area contributed by atoms with Gasteiger partial charge in [-0.2, -0.15) is 0 Å². The molecule has 5 nitrogen and oxygen atoms in total. The third-order valence-corrected chi connectivity index (χ3v) is 4.87. The van der Waals surface area contributed by atoms with Crippen molar-refractivity contribution in [3.8, 4) is 11.5 Å². The Kier molecular flexibility index (Phi) is 5.45. The molecular formula is C18H15BrN2O3S. The first-order valence-electron chi connectivity index (χ1n) is 7.37. The summed E-state index contributed by atoms with van der Waals surface area (Å²) >= 11 is 4.67. The molecule has 1 aliphatic heterocycles. The van der Waals surface area contributed by atoms with E-state index in [2.05, 4.69) is 26.2 Å². The Morgan fingerprint density at radius 2 is 1.88 bits per heavy atom. The molecule has 1 heterocycles. The number of halogens is 1. The van der Waals surface area contributed by atoms with Crippen LogP contribution in [0.4, 0.5) is 5.69 Å². The second kappa shape index (κ2) is 7.76. The van der Waals surface area contributed by atoms with Crippen LogP contribution in [0.5, 0.6) is 11.5 Å². The lowest BCUT2D eigenvalue weighted by atomic mass is 10.1. The summed E-state index contributed by atoms with van der Waals surface area (Å²) < 4.78 is 11.7. The molecule has 128 valence electrons. The predicted molar refractivity (Wildman–Crippen MR) is 104 cm³/mol. The molecule has 1 aliphatic rings. The Balaban J connectivity index is 1.88. The van der Waals surface area contributed by atoms with Crippen molar-refractivity contribution in [2.45, 2.75) is 0 Å². The number of nitrogens with one attached hydrogen (secondary N) is 1. The lowest BCUT2D eigenvalue weighted by Gasteiger charge is -2.10. The van der Waals surface area contributed by atoms with Crippen molar-refractivity contribution < 1.29 is 14.3 Å². The molecule has 0 aliphatic carbocycles. The van der Waals surface area contributed by atoms with E-state index in [1.54, 1.807) is 20.3 Å². The zero-order chi connectivity index (χ0) is 17.8. The summed E-state index contributed by atoms with van der Waals surface area (Å²) in [6.07, 6.45) is 1.77. The first-order chi connectivity index (χ1) is 12.1. The molecule has 0 atom stereocenters. The zero-order valence-corrected chi connectivity index (χ0v) is 16.0. The fraction of sp³-hybridized carbons (Fsp3) is 0.111. The van der Waals surface area contributed by atoms with Crippen LogP contribution in [0, 0.1) is 0 Å². The van der Waals surface area contributed by atoms with Gasteiger partial charge < -0.3 is 14.8 Å². The van der Waals surface area contributed by atoms with Gasteiger partial charge in [-0.15, -0.1) is 0 Å². The Morgan fingerprint density at radius 3 is 2.56 bits per heavy atom. The molecule has 7 heteroatoms. The second-order valence-electron chi connectivity index (χ2n) is 5.04. The van der Waals surface area contributed by atoms with Crippen molar-refractivity contribution in [2.75, 3.05) is 14.2 Å². The summed E-state index contributed by atoms with van der Waals surface area (Å²) in [6, 6.07) is 13.1. The summed E-state index contributed by atoms with van der Waals surface area (Å²) in [5.74, 6) is 1.01. The van der Waals surface area contributed by atoms with Crippen molar-refractivity contribution >= 4 is 50.5 Å². The number of thioether (sulfide) groups is 1. The van der Waals surface area contributed by atoms with E-state index in [-0.39, 0.29) is 5.91 Å². The van der Waals surface area contributed by atoms with E-state index < -0.39 is 0 Å². The number of methoxy groups -OCH3 is 2. The molecule has 0 radical (unpaired) electrons. The van der Waals surface area contributed by atoms with Crippen LogP contribution < -0.4 is 14.8 Å². The smallest absolute Gasteiger partial charge is 0.264 e. The fourth-order valence-electron chi connectivity index (χ4n) is 2.28. The highest BCUT2D eigenvalue weighted by Gasteiger charge is 2.24. The molecule has 0 bridgehead atoms. The normalized spacial score (nSPS) is 17.0. The molecule has 1 amide bonds. The minimum atomic E-state index is -0.189. The Labute approximate surface area is 158 Å². The summed E-state index contributed by atoms with van der Waals surface area (Å²) in [5, 5.41) is 3.32. The first kappa shape index (κ1) is 17.6. The molecule has 0 saturated carbocycles. The molecule has 0 spiro atoms. The maximum absolute atomic E-state index is 12.2.